The molecular formula is C18H18N2O3S2. The van der Waals surface area contributed by atoms with Gasteiger partial charge in [-0.3, -0.25) is 4.79 Å². The smallest absolute Gasteiger partial charge is 0.280 e. The molecule has 0 aliphatic rings. The highest BCUT2D eigenvalue weighted by Crippen LogP contribution is 2.21. The van der Waals surface area contributed by atoms with Gasteiger partial charge in [0.05, 0.1) is 26.4 Å². The molecule has 0 bridgehead atoms. The zero-order valence-electron chi connectivity index (χ0n) is 14.2. The maximum absolute atomic E-state index is 12.7. The van der Waals surface area contributed by atoms with Gasteiger partial charge in [-0.2, -0.15) is 4.99 Å². The molecule has 25 heavy (non-hydrogen) atoms. The first-order valence-corrected chi connectivity index (χ1v) is 10.3. The molecule has 3 rings (SSSR count). The van der Waals surface area contributed by atoms with E-state index in [9.17, 15) is 13.2 Å². The fraction of sp³-hybridized carbons (Fsp3) is 0.222. The summed E-state index contributed by atoms with van der Waals surface area (Å²) in [7, 11) is -1.64. The van der Waals surface area contributed by atoms with Gasteiger partial charge in [0.2, 0.25) is 0 Å². The number of hydrogen-bond donors (Lipinski definition) is 0. The van der Waals surface area contributed by atoms with Crippen LogP contribution in [0, 0.1) is 6.92 Å². The van der Waals surface area contributed by atoms with Crippen molar-refractivity contribution in [1.29, 1.82) is 0 Å². The number of para-hydroxylation sites is 1. The largest absolute Gasteiger partial charge is 0.319 e. The fourth-order valence-corrected chi connectivity index (χ4v) is 4.90. The number of aromatic nitrogens is 1. The number of carbonyl (C=O) groups excluding carboxylic acids is 1. The summed E-state index contributed by atoms with van der Waals surface area (Å²) < 4.78 is 27.4. The van der Waals surface area contributed by atoms with E-state index in [-0.39, 0.29) is 16.2 Å². The van der Waals surface area contributed by atoms with Crippen LogP contribution in [0.4, 0.5) is 0 Å². The van der Waals surface area contributed by atoms with Crippen molar-refractivity contribution in [3.8, 4) is 0 Å². The molecule has 0 unspecified atom stereocenters. The Labute approximate surface area is 150 Å². The zero-order chi connectivity index (χ0) is 18.2. The van der Waals surface area contributed by atoms with Gasteiger partial charge in [-0.1, -0.05) is 42.5 Å². The lowest BCUT2D eigenvalue weighted by molar-refractivity contribution is 0.0995. The van der Waals surface area contributed by atoms with E-state index in [0.29, 0.717) is 4.80 Å². The van der Waals surface area contributed by atoms with Gasteiger partial charge in [0, 0.05) is 7.05 Å². The first-order chi connectivity index (χ1) is 11.8. The molecule has 0 fully saturated rings. The molecule has 0 saturated carbocycles. The number of hydrogen-bond acceptors (Lipinski definition) is 4. The molecule has 0 spiro atoms. The average molecular weight is 374 g/mol. The van der Waals surface area contributed by atoms with E-state index in [0.717, 1.165) is 15.8 Å². The summed E-state index contributed by atoms with van der Waals surface area (Å²) in [6.07, 6.45) is 0. The number of carbonyl (C=O) groups is 1. The minimum absolute atomic E-state index is 0.0335. The monoisotopic (exact) mass is 374 g/mol. The van der Waals surface area contributed by atoms with Gasteiger partial charge in [0.15, 0.2) is 14.6 Å². The Morgan fingerprint density at radius 3 is 2.56 bits per heavy atom. The van der Waals surface area contributed by atoms with E-state index >= 15 is 0 Å². The molecular weight excluding hydrogens is 356 g/mol. The number of amides is 1. The van der Waals surface area contributed by atoms with Crippen molar-refractivity contribution in [1.82, 2.24) is 4.57 Å². The maximum atomic E-state index is 12.7. The van der Waals surface area contributed by atoms with Gasteiger partial charge < -0.3 is 4.57 Å². The first kappa shape index (κ1) is 17.6. The molecule has 0 radical (unpaired) electrons. The van der Waals surface area contributed by atoms with E-state index < -0.39 is 15.7 Å². The Morgan fingerprint density at radius 2 is 1.88 bits per heavy atom. The fourth-order valence-electron chi connectivity index (χ4n) is 2.72. The molecule has 0 atom stereocenters. The van der Waals surface area contributed by atoms with Crippen molar-refractivity contribution in [2.75, 3.05) is 5.75 Å². The van der Waals surface area contributed by atoms with Crippen LogP contribution in [0.3, 0.4) is 0 Å². The second-order valence-corrected chi connectivity index (χ2v) is 8.94. The van der Waals surface area contributed by atoms with E-state index in [2.05, 4.69) is 4.99 Å². The lowest BCUT2D eigenvalue weighted by atomic mass is 10.2. The maximum Gasteiger partial charge on any atom is 0.280 e. The molecule has 130 valence electrons. The Kier molecular flexibility index (Phi) is 4.62. The number of aryl methyl sites for hydroxylation is 2. The number of benzene rings is 2. The minimum Gasteiger partial charge on any atom is -0.319 e. The van der Waals surface area contributed by atoms with Gasteiger partial charge >= 0.3 is 0 Å². The third-order valence-electron chi connectivity index (χ3n) is 4.05. The number of sulfone groups is 1. The highest BCUT2D eigenvalue weighted by molar-refractivity contribution is 7.91. The lowest BCUT2D eigenvalue weighted by Gasteiger charge is -2.05. The van der Waals surface area contributed by atoms with Crippen LogP contribution in [0.1, 0.15) is 22.8 Å². The molecule has 2 aromatic carbocycles. The highest BCUT2D eigenvalue weighted by Gasteiger charge is 2.20. The van der Waals surface area contributed by atoms with Gasteiger partial charge in [-0.25, -0.2) is 8.42 Å². The van der Waals surface area contributed by atoms with Crippen LogP contribution in [0.15, 0.2) is 52.4 Å². The van der Waals surface area contributed by atoms with Crippen molar-refractivity contribution in [2.45, 2.75) is 18.7 Å². The normalized spacial score (nSPS) is 12.7. The predicted molar refractivity (Wildman–Crippen MR) is 99.6 cm³/mol. The Morgan fingerprint density at radius 1 is 1.16 bits per heavy atom. The van der Waals surface area contributed by atoms with Gasteiger partial charge in [0.1, 0.15) is 0 Å². The van der Waals surface area contributed by atoms with Crippen molar-refractivity contribution in [2.24, 2.45) is 12.0 Å². The van der Waals surface area contributed by atoms with E-state index in [4.69, 9.17) is 0 Å². The summed E-state index contributed by atoms with van der Waals surface area (Å²) in [6, 6.07) is 12.2. The molecule has 3 aromatic rings. The molecule has 1 heterocycles. The van der Waals surface area contributed by atoms with Crippen LogP contribution in [0.2, 0.25) is 0 Å². The SMILES string of the molecule is CCS(=O)(=O)c1ccccc1C(=O)N=c1sc2cccc(C)c2n1C. The Bertz CT molecular complexity index is 1140. The van der Waals surface area contributed by atoms with Crippen LogP contribution in [0.25, 0.3) is 10.2 Å². The summed E-state index contributed by atoms with van der Waals surface area (Å²) in [6.45, 7) is 3.56. The second-order valence-electron chi connectivity index (χ2n) is 5.68. The molecule has 0 aliphatic heterocycles. The van der Waals surface area contributed by atoms with Crippen LogP contribution < -0.4 is 4.80 Å². The van der Waals surface area contributed by atoms with Crippen molar-refractivity contribution < 1.29 is 13.2 Å². The molecule has 1 aromatic heterocycles. The molecule has 1 amide bonds. The van der Waals surface area contributed by atoms with Crippen LogP contribution in [0.5, 0.6) is 0 Å². The molecule has 0 N–H and O–H groups in total. The summed E-state index contributed by atoms with van der Waals surface area (Å²) in [4.78, 5) is 17.4. The molecule has 0 saturated heterocycles. The Balaban J connectivity index is 2.18. The second kappa shape index (κ2) is 6.57. The van der Waals surface area contributed by atoms with E-state index in [1.165, 1.54) is 23.5 Å². The highest BCUT2D eigenvalue weighted by atomic mass is 32.2. The van der Waals surface area contributed by atoms with Gasteiger partial charge in [-0.05, 0) is 30.7 Å². The predicted octanol–water partition coefficient (Wildman–Crippen LogP) is 3.08. The quantitative estimate of drug-likeness (QED) is 0.707. The number of nitrogens with zero attached hydrogens (tertiary/aromatic N) is 2. The molecule has 7 heteroatoms. The summed E-state index contributed by atoms with van der Waals surface area (Å²) >= 11 is 1.41. The summed E-state index contributed by atoms with van der Waals surface area (Å²) in [5.41, 5.74) is 2.23. The van der Waals surface area contributed by atoms with E-state index in [1.807, 2.05) is 36.7 Å². The van der Waals surface area contributed by atoms with Crippen LogP contribution in [-0.2, 0) is 16.9 Å². The standard InChI is InChI=1S/C18H18N2O3S2/c1-4-25(22,23)15-11-6-5-9-13(15)17(21)19-18-20(3)16-12(2)8-7-10-14(16)24-18/h5-11H,4H2,1-3H3. The molecule has 0 aliphatic carbocycles. The van der Waals surface area contributed by atoms with Crippen molar-refractivity contribution in [3.63, 3.8) is 0 Å². The van der Waals surface area contributed by atoms with Crippen LogP contribution in [-0.4, -0.2) is 24.6 Å². The first-order valence-electron chi connectivity index (χ1n) is 7.81. The van der Waals surface area contributed by atoms with Crippen LogP contribution >= 0.6 is 11.3 Å². The third-order valence-corrected chi connectivity index (χ3v) is 6.94. The summed E-state index contributed by atoms with van der Waals surface area (Å²) in [5.74, 6) is -0.611. The topological polar surface area (TPSA) is 68.5 Å². The van der Waals surface area contributed by atoms with Crippen molar-refractivity contribution >= 4 is 37.3 Å². The lowest BCUT2D eigenvalue weighted by Crippen LogP contribution is -2.16. The number of thiazole rings is 1. The molecule has 5 nitrogen and oxygen atoms in total. The zero-order valence-corrected chi connectivity index (χ0v) is 15.8. The van der Waals surface area contributed by atoms with E-state index in [1.54, 1.807) is 19.1 Å². The van der Waals surface area contributed by atoms with Gasteiger partial charge in [0.25, 0.3) is 5.91 Å². The van der Waals surface area contributed by atoms with Gasteiger partial charge in [-0.15, -0.1) is 0 Å². The average Bonchev–Trinajstić information content (AvgIpc) is 2.92. The van der Waals surface area contributed by atoms with Crippen molar-refractivity contribution in [3.05, 3.63) is 58.4 Å². The third kappa shape index (κ3) is 3.17. The minimum atomic E-state index is -3.49. The Hall–Kier alpha value is -2.25. The number of rotatable bonds is 3. The number of fused-ring (bicyclic) bond motifs is 1. The summed E-state index contributed by atoms with van der Waals surface area (Å²) in [5, 5.41) is 0.